The van der Waals surface area contributed by atoms with Crippen molar-refractivity contribution in [3.63, 3.8) is 0 Å². The molecule has 1 atom stereocenters. The second-order valence-electron chi connectivity index (χ2n) is 6.41. The minimum atomic E-state index is 0.515. The topological polar surface area (TPSA) is 12.5 Å². The Morgan fingerprint density at radius 3 is 2.25 bits per heavy atom. The molecule has 0 aromatic rings. The summed E-state index contributed by atoms with van der Waals surface area (Å²) in [4.78, 5) is 2.63. The van der Waals surface area contributed by atoms with E-state index in [1.54, 1.807) is 0 Å². The van der Waals surface area contributed by atoms with Crippen LogP contribution in [0.2, 0.25) is 0 Å². The first-order valence-electron chi connectivity index (χ1n) is 9.20. The predicted molar refractivity (Wildman–Crippen MR) is 88.3 cm³/mol. The van der Waals surface area contributed by atoms with Crippen LogP contribution in [-0.2, 0) is 4.74 Å². The average Bonchev–Trinajstić information content (AvgIpc) is 2.48. The van der Waals surface area contributed by atoms with E-state index in [0.717, 1.165) is 13.2 Å². The number of rotatable bonds is 12. The molecule has 1 heterocycles. The maximum atomic E-state index is 5.91. The molecule has 0 aromatic carbocycles. The van der Waals surface area contributed by atoms with Crippen LogP contribution < -0.4 is 0 Å². The lowest BCUT2D eigenvalue weighted by molar-refractivity contribution is -0.0333. The Labute approximate surface area is 127 Å². The third-order valence-corrected chi connectivity index (χ3v) is 4.43. The van der Waals surface area contributed by atoms with E-state index >= 15 is 0 Å². The van der Waals surface area contributed by atoms with Crippen LogP contribution in [0, 0.1) is 0 Å². The summed E-state index contributed by atoms with van der Waals surface area (Å²) < 4.78 is 5.91. The van der Waals surface area contributed by atoms with Crippen LogP contribution in [0.15, 0.2) is 0 Å². The van der Waals surface area contributed by atoms with Gasteiger partial charge in [0.2, 0.25) is 0 Å². The molecule has 1 aliphatic heterocycles. The fourth-order valence-electron chi connectivity index (χ4n) is 3.07. The van der Waals surface area contributed by atoms with Gasteiger partial charge in [0.05, 0.1) is 12.7 Å². The van der Waals surface area contributed by atoms with E-state index in [2.05, 4.69) is 18.7 Å². The summed E-state index contributed by atoms with van der Waals surface area (Å²) in [5.74, 6) is 0. The van der Waals surface area contributed by atoms with Gasteiger partial charge >= 0.3 is 0 Å². The molecule has 0 spiro atoms. The fraction of sp³-hybridized carbons (Fsp3) is 1.00. The highest BCUT2D eigenvalue weighted by Gasteiger charge is 2.19. The number of hydrogen-bond donors (Lipinski definition) is 0. The van der Waals surface area contributed by atoms with E-state index in [4.69, 9.17) is 4.74 Å². The molecule has 0 saturated carbocycles. The monoisotopic (exact) mass is 283 g/mol. The highest BCUT2D eigenvalue weighted by atomic mass is 16.5. The second kappa shape index (κ2) is 12.6. The number of hydrogen-bond acceptors (Lipinski definition) is 2. The summed E-state index contributed by atoms with van der Waals surface area (Å²) in [5.41, 5.74) is 0. The SMILES string of the molecule is CCCCCCCCN1CCO[C@@H](CCCCCC)C1. The lowest BCUT2D eigenvalue weighted by atomic mass is 10.1. The molecule has 0 radical (unpaired) electrons. The van der Waals surface area contributed by atoms with Crippen LogP contribution >= 0.6 is 0 Å². The van der Waals surface area contributed by atoms with Gasteiger partial charge in [0.1, 0.15) is 0 Å². The van der Waals surface area contributed by atoms with Gasteiger partial charge in [0.15, 0.2) is 0 Å². The number of nitrogens with zero attached hydrogens (tertiary/aromatic N) is 1. The molecule has 1 saturated heterocycles. The Balaban J connectivity index is 1.99. The quantitative estimate of drug-likeness (QED) is 0.466. The van der Waals surface area contributed by atoms with Gasteiger partial charge in [0.25, 0.3) is 0 Å². The molecule has 1 fully saturated rings. The summed E-state index contributed by atoms with van der Waals surface area (Å²) in [5, 5.41) is 0. The molecular weight excluding hydrogens is 246 g/mol. The maximum absolute atomic E-state index is 5.91. The van der Waals surface area contributed by atoms with Crippen molar-refractivity contribution < 1.29 is 4.74 Å². The van der Waals surface area contributed by atoms with Gasteiger partial charge in [-0.3, -0.25) is 4.90 Å². The number of ether oxygens (including phenoxy) is 1. The molecule has 1 rings (SSSR count). The lowest BCUT2D eigenvalue weighted by Crippen LogP contribution is -2.42. The smallest absolute Gasteiger partial charge is 0.0702 e. The molecule has 20 heavy (non-hydrogen) atoms. The van der Waals surface area contributed by atoms with Crippen molar-refractivity contribution in [3.05, 3.63) is 0 Å². The van der Waals surface area contributed by atoms with Crippen molar-refractivity contribution in [2.24, 2.45) is 0 Å². The fourth-order valence-corrected chi connectivity index (χ4v) is 3.07. The van der Waals surface area contributed by atoms with Crippen molar-refractivity contribution in [1.29, 1.82) is 0 Å². The van der Waals surface area contributed by atoms with E-state index in [1.165, 1.54) is 83.7 Å². The zero-order valence-electron chi connectivity index (χ0n) is 14.0. The van der Waals surface area contributed by atoms with E-state index in [0.29, 0.717) is 6.10 Å². The standard InChI is InChI=1S/C18H37NO/c1-3-5-7-9-10-12-14-19-15-16-20-18(17-19)13-11-8-6-4-2/h18H,3-17H2,1-2H3/t18-/m0/s1. The predicted octanol–water partition coefficient (Wildman–Crippen LogP) is 5.02. The van der Waals surface area contributed by atoms with Crippen LogP contribution in [0.5, 0.6) is 0 Å². The lowest BCUT2D eigenvalue weighted by Gasteiger charge is -2.33. The molecule has 2 heteroatoms. The molecular formula is C18H37NO. The molecule has 0 bridgehead atoms. The number of unbranched alkanes of at least 4 members (excludes halogenated alkanes) is 8. The third-order valence-electron chi connectivity index (χ3n) is 4.43. The highest BCUT2D eigenvalue weighted by molar-refractivity contribution is 4.71. The van der Waals surface area contributed by atoms with Crippen LogP contribution in [0.25, 0.3) is 0 Å². The van der Waals surface area contributed by atoms with Gasteiger partial charge in [-0.2, -0.15) is 0 Å². The zero-order chi connectivity index (χ0) is 14.5. The number of morpholine rings is 1. The van der Waals surface area contributed by atoms with Gasteiger partial charge in [-0.25, -0.2) is 0 Å². The van der Waals surface area contributed by atoms with Gasteiger partial charge < -0.3 is 4.74 Å². The summed E-state index contributed by atoms with van der Waals surface area (Å²) in [6, 6.07) is 0. The van der Waals surface area contributed by atoms with Crippen molar-refractivity contribution >= 4 is 0 Å². The van der Waals surface area contributed by atoms with Crippen LogP contribution in [-0.4, -0.2) is 37.2 Å². The first-order chi connectivity index (χ1) is 9.86. The van der Waals surface area contributed by atoms with Crippen molar-refractivity contribution in [3.8, 4) is 0 Å². The molecule has 0 aliphatic carbocycles. The van der Waals surface area contributed by atoms with Crippen molar-refractivity contribution in [2.75, 3.05) is 26.2 Å². The molecule has 2 nitrogen and oxygen atoms in total. The molecule has 120 valence electrons. The highest BCUT2D eigenvalue weighted by Crippen LogP contribution is 2.14. The van der Waals surface area contributed by atoms with E-state index < -0.39 is 0 Å². The van der Waals surface area contributed by atoms with E-state index in [1.807, 2.05) is 0 Å². The van der Waals surface area contributed by atoms with Crippen LogP contribution in [0.4, 0.5) is 0 Å². The first-order valence-corrected chi connectivity index (χ1v) is 9.20. The Morgan fingerprint density at radius 1 is 0.850 bits per heavy atom. The Kier molecular flexibility index (Phi) is 11.4. The molecule has 0 amide bonds. The Bertz CT molecular complexity index is 208. The van der Waals surface area contributed by atoms with Crippen molar-refractivity contribution in [1.82, 2.24) is 4.90 Å². The summed E-state index contributed by atoms with van der Waals surface area (Å²) in [6.45, 7) is 9.14. The van der Waals surface area contributed by atoms with Crippen LogP contribution in [0.3, 0.4) is 0 Å². The summed E-state index contributed by atoms with van der Waals surface area (Å²) in [7, 11) is 0. The molecule has 1 aliphatic rings. The van der Waals surface area contributed by atoms with Crippen LogP contribution in [0.1, 0.15) is 84.5 Å². The van der Waals surface area contributed by atoms with Gasteiger partial charge in [-0.15, -0.1) is 0 Å². The Morgan fingerprint density at radius 2 is 1.50 bits per heavy atom. The van der Waals surface area contributed by atoms with Crippen molar-refractivity contribution in [2.45, 2.75) is 90.6 Å². The largest absolute Gasteiger partial charge is 0.376 e. The first kappa shape index (κ1) is 18.0. The van der Waals surface area contributed by atoms with E-state index in [9.17, 15) is 0 Å². The molecule has 0 aromatic heterocycles. The van der Waals surface area contributed by atoms with Gasteiger partial charge in [0, 0.05) is 13.1 Å². The average molecular weight is 284 g/mol. The second-order valence-corrected chi connectivity index (χ2v) is 6.41. The summed E-state index contributed by atoms with van der Waals surface area (Å²) >= 11 is 0. The van der Waals surface area contributed by atoms with Gasteiger partial charge in [-0.05, 0) is 19.4 Å². The normalized spacial score (nSPS) is 20.4. The maximum Gasteiger partial charge on any atom is 0.0702 e. The minimum absolute atomic E-state index is 0.515. The third kappa shape index (κ3) is 8.97. The van der Waals surface area contributed by atoms with Gasteiger partial charge in [-0.1, -0.05) is 71.6 Å². The molecule has 0 unspecified atom stereocenters. The zero-order valence-corrected chi connectivity index (χ0v) is 14.0. The Hall–Kier alpha value is -0.0800. The minimum Gasteiger partial charge on any atom is -0.376 e. The molecule has 0 N–H and O–H groups in total. The van der Waals surface area contributed by atoms with E-state index in [-0.39, 0.29) is 0 Å². The summed E-state index contributed by atoms with van der Waals surface area (Å²) in [6.07, 6.45) is 15.7.